The highest BCUT2D eigenvalue weighted by Crippen LogP contribution is 2.18. The van der Waals surface area contributed by atoms with Crippen LogP contribution in [-0.4, -0.2) is 27.9 Å². The lowest BCUT2D eigenvalue weighted by molar-refractivity contribution is -0.118. The molecule has 0 spiro atoms. The molecule has 0 heterocycles. The minimum absolute atomic E-state index is 0.0423. The fourth-order valence-electron chi connectivity index (χ4n) is 1.44. The van der Waals surface area contributed by atoms with Crippen LogP contribution in [0, 0.1) is 0 Å². The highest BCUT2D eigenvalue weighted by molar-refractivity contribution is 5.99. The zero-order valence-electron chi connectivity index (χ0n) is 9.01. The summed E-state index contributed by atoms with van der Waals surface area (Å²) < 4.78 is 0. The monoisotopic (exact) mass is 222 g/mol. The van der Waals surface area contributed by atoms with E-state index in [0.717, 1.165) is 0 Å². The van der Waals surface area contributed by atoms with E-state index in [9.17, 15) is 19.8 Å². The average molecular weight is 222 g/mol. The van der Waals surface area contributed by atoms with Crippen molar-refractivity contribution in [1.29, 1.82) is 0 Å². The molecule has 1 rings (SSSR count). The summed E-state index contributed by atoms with van der Waals surface area (Å²) in [4.78, 5) is 22.3. The lowest BCUT2D eigenvalue weighted by Gasteiger charge is -2.08. The number of phenols is 1. The summed E-state index contributed by atoms with van der Waals surface area (Å²) in [6.07, 6.45) is -1.18. The molecule has 0 radical (unpaired) electrons. The topological polar surface area (TPSA) is 74.6 Å². The number of benzene rings is 1. The van der Waals surface area contributed by atoms with Gasteiger partial charge in [-0.15, -0.1) is 0 Å². The zero-order chi connectivity index (χ0) is 12.1. The van der Waals surface area contributed by atoms with Crippen molar-refractivity contribution in [2.75, 3.05) is 0 Å². The number of rotatable bonds is 5. The van der Waals surface area contributed by atoms with Crippen LogP contribution < -0.4 is 0 Å². The Bertz CT molecular complexity index is 398. The van der Waals surface area contributed by atoms with Crippen LogP contribution >= 0.6 is 0 Å². The molecule has 86 valence electrons. The van der Waals surface area contributed by atoms with Gasteiger partial charge in [0.15, 0.2) is 5.78 Å². The molecular formula is C12H14O4. The van der Waals surface area contributed by atoms with Gasteiger partial charge in [-0.05, 0) is 19.1 Å². The van der Waals surface area contributed by atoms with E-state index in [1.54, 1.807) is 12.1 Å². The summed E-state index contributed by atoms with van der Waals surface area (Å²) in [6, 6.07) is 6.13. The summed E-state index contributed by atoms with van der Waals surface area (Å²) in [5.74, 6) is -0.646. The predicted molar refractivity (Wildman–Crippen MR) is 58.4 cm³/mol. The third-order valence-electron chi connectivity index (χ3n) is 2.15. The number of para-hydroxylation sites is 1. The molecule has 0 aliphatic carbocycles. The first-order valence-corrected chi connectivity index (χ1v) is 4.99. The van der Waals surface area contributed by atoms with Crippen LogP contribution in [0.3, 0.4) is 0 Å². The van der Waals surface area contributed by atoms with Crippen LogP contribution in [-0.2, 0) is 4.79 Å². The van der Waals surface area contributed by atoms with Gasteiger partial charge in [0.05, 0.1) is 11.7 Å². The van der Waals surface area contributed by atoms with Crippen molar-refractivity contribution in [3.63, 3.8) is 0 Å². The molecule has 0 bridgehead atoms. The third-order valence-corrected chi connectivity index (χ3v) is 2.15. The fourth-order valence-corrected chi connectivity index (χ4v) is 1.44. The minimum atomic E-state index is -0.982. The van der Waals surface area contributed by atoms with E-state index in [0.29, 0.717) is 0 Å². The molecule has 0 saturated carbocycles. The maximum absolute atomic E-state index is 11.6. The molecule has 0 aliphatic heterocycles. The normalized spacial score (nSPS) is 12.1. The minimum Gasteiger partial charge on any atom is -0.507 e. The number of carbonyl (C=O) groups is 2. The van der Waals surface area contributed by atoms with Crippen molar-refractivity contribution < 1.29 is 19.8 Å². The zero-order valence-corrected chi connectivity index (χ0v) is 9.01. The highest BCUT2D eigenvalue weighted by atomic mass is 16.3. The largest absolute Gasteiger partial charge is 0.507 e. The Hall–Kier alpha value is -1.68. The number of ketones is 2. The van der Waals surface area contributed by atoms with Crippen molar-refractivity contribution in [3.8, 4) is 5.75 Å². The Kier molecular flexibility index (Phi) is 4.19. The first kappa shape index (κ1) is 12.4. The highest BCUT2D eigenvalue weighted by Gasteiger charge is 2.16. The number of aromatic hydroxyl groups is 1. The van der Waals surface area contributed by atoms with Crippen molar-refractivity contribution in [1.82, 2.24) is 0 Å². The summed E-state index contributed by atoms with van der Waals surface area (Å²) in [5, 5.41) is 18.8. The van der Waals surface area contributed by atoms with E-state index in [2.05, 4.69) is 0 Å². The second-order valence-corrected chi connectivity index (χ2v) is 3.70. The molecule has 1 atom stereocenters. The molecule has 0 saturated heterocycles. The van der Waals surface area contributed by atoms with Crippen LogP contribution in [0.4, 0.5) is 0 Å². The van der Waals surface area contributed by atoms with Crippen LogP contribution in [0.2, 0.25) is 0 Å². The number of Topliss-reactive ketones (excluding diaryl/α,β-unsaturated/α-hetero) is 2. The second-order valence-electron chi connectivity index (χ2n) is 3.70. The summed E-state index contributed by atoms with van der Waals surface area (Å²) in [7, 11) is 0. The van der Waals surface area contributed by atoms with Gasteiger partial charge >= 0.3 is 0 Å². The number of phenolic OH excluding ortho intramolecular Hbond substituents is 1. The Morgan fingerprint density at radius 3 is 2.44 bits per heavy atom. The Labute approximate surface area is 93.5 Å². The molecule has 0 amide bonds. The number of hydrogen-bond acceptors (Lipinski definition) is 4. The maximum atomic E-state index is 11.6. The second kappa shape index (κ2) is 5.42. The van der Waals surface area contributed by atoms with E-state index < -0.39 is 6.10 Å². The summed E-state index contributed by atoms with van der Waals surface area (Å²) in [6.45, 7) is 1.35. The standard InChI is InChI=1S/C12H14O4/c1-8(13)6-9(14)7-12(16)10-4-2-3-5-11(10)15/h2-5,9,14-15H,6-7H2,1H3. The fraction of sp³-hybridized carbons (Fsp3) is 0.333. The van der Waals surface area contributed by atoms with E-state index in [1.165, 1.54) is 19.1 Å². The van der Waals surface area contributed by atoms with Gasteiger partial charge < -0.3 is 10.2 Å². The van der Waals surface area contributed by atoms with Crippen LogP contribution in [0.25, 0.3) is 0 Å². The number of aliphatic hydroxyl groups excluding tert-OH is 1. The van der Waals surface area contributed by atoms with E-state index in [4.69, 9.17) is 0 Å². The van der Waals surface area contributed by atoms with Crippen molar-refractivity contribution in [3.05, 3.63) is 29.8 Å². The van der Waals surface area contributed by atoms with Crippen LogP contribution in [0.1, 0.15) is 30.1 Å². The quantitative estimate of drug-likeness (QED) is 0.736. The first-order chi connectivity index (χ1) is 7.50. The van der Waals surface area contributed by atoms with E-state index in [-0.39, 0.29) is 35.7 Å². The SMILES string of the molecule is CC(=O)CC(O)CC(=O)c1ccccc1O. The molecule has 0 aliphatic rings. The summed E-state index contributed by atoms with van der Waals surface area (Å²) in [5.41, 5.74) is 0.171. The number of aliphatic hydroxyl groups is 1. The molecule has 1 aromatic rings. The van der Waals surface area contributed by atoms with Gasteiger partial charge in [-0.3, -0.25) is 9.59 Å². The third kappa shape index (κ3) is 3.47. The lowest BCUT2D eigenvalue weighted by atomic mass is 10.0. The van der Waals surface area contributed by atoms with Crippen LogP contribution in [0.15, 0.2) is 24.3 Å². The van der Waals surface area contributed by atoms with E-state index in [1.807, 2.05) is 0 Å². The molecular weight excluding hydrogens is 208 g/mol. The van der Waals surface area contributed by atoms with Gasteiger partial charge in [0, 0.05) is 12.8 Å². The number of carbonyl (C=O) groups excluding carboxylic acids is 2. The average Bonchev–Trinajstić information content (AvgIpc) is 2.16. The molecule has 0 fully saturated rings. The Balaban J connectivity index is 2.66. The van der Waals surface area contributed by atoms with Gasteiger partial charge in [0.2, 0.25) is 0 Å². The van der Waals surface area contributed by atoms with Crippen molar-refractivity contribution >= 4 is 11.6 Å². The Morgan fingerprint density at radius 2 is 1.88 bits per heavy atom. The summed E-state index contributed by atoms with van der Waals surface area (Å²) >= 11 is 0. The van der Waals surface area contributed by atoms with Crippen molar-refractivity contribution in [2.45, 2.75) is 25.9 Å². The van der Waals surface area contributed by atoms with Gasteiger partial charge in [-0.1, -0.05) is 12.1 Å². The molecule has 4 nitrogen and oxygen atoms in total. The predicted octanol–water partition coefficient (Wildman–Crippen LogP) is 1.30. The molecule has 2 N–H and O–H groups in total. The van der Waals surface area contributed by atoms with Gasteiger partial charge in [0.1, 0.15) is 11.5 Å². The smallest absolute Gasteiger partial charge is 0.169 e. The Morgan fingerprint density at radius 1 is 1.25 bits per heavy atom. The van der Waals surface area contributed by atoms with E-state index >= 15 is 0 Å². The van der Waals surface area contributed by atoms with Crippen LogP contribution in [0.5, 0.6) is 5.75 Å². The van der Waals surface area contributed by atoms with Gasteiger partial charge in [0.25, 0.3) is 0 Å². The molecule has 4 heteroatoms. The number of hydrogen-bond donors (Lipinski definition) is 2. The van der Waals surface area contributed by atoms with Gasteiger partial charge in [-0.25, -0.2) is 0 Å². The molecule has 0 aromatic heterocycles. The maximum Gasteiger partial charge on any atom is 0.169 e. The molecule has 1 unspecified atom stereocenters. The van der Waals surface area contributed by atoms with Gasteiger partial charge in [-0.2, -0.15) is 0 Å². The lowest BCUT2D eigenvalue weighted by Crippen LogP contribution is -2.16. The first-order valence-electron chi connectivity index (χ1n) is 4.99. The molecule has 16 heavy (non-hydrogen) atoms. The molecule has 1 aromatic carbocycles. The van der Waals surface area contributed by atoms with Crippen molar-refractivity contribution in [2.24, 2.45) is 0 Å².